The van der Waals surface area contributed by atoms with Crippen LogP contribution in [0.4, 0.5) is 0 Å². The van der Waals surface area contributed by atoms with E-state index in [2.05, 4.69) is 70.9 Å². The van der Waals surface area contributed by atoms with Crippen molar-refractivity contribution in [2.75, 3.05) is 13.1 Å². The largest absolute Gasteiger partial charge is 0.311 e. The van der Waals surface area contributed by atoms with Crippen LogP contribution in [0.3, 0.4) is 0 Å². The van der Waals surface area contributed by atoms with Crippen LogP contribution in [0.2, 0.25) is 0 Å². The Morgan fingerprint density at radius 2 is 1.90 bits per heavy atom. The van der Waals surface area contributed by atoms with Gasteiger partial charge < -0.3 is 5.32 Å². The van der Waals surface area contributed by atoms with E-state index in [-0.39, 0.29) is 0 Å². The third-order valence-corrected chi connectivity index (χ3v) is 6.13. The van der Waals surface area contributed by atoms with Crippen molar-refractivity contribution < 1.29 is 0 Å². The molecule has 1 heterocycles. The monoisotopic (exact) mass is 398 g/mol. The summed E-state index contributed by atoms with van der Waals surface area (Å²) >= 11 is 2.39. The first kappa shape index (κ1) is 15.8. The van der Waals surface area contributed by atoms with Gasteiger partial charge in [0, 0.05) is 34.8 Å². The smallest absolute Gasteiger partial charge is 0.0338 e. The summed E-state index contributed by atoms with van der Waals surface area (Å²) < 4.78 is 1.33. The minimum atomic E-state index is 0.425. The number of rotatable bonds is 3. The lowest BCUT2D eigenvalue weighted by atomic mass is 9.88. The zero-order valence-corrected chi connectivity index (χ0v) is 15.4. The molecule has 1 spiro atoms. The van der Waals surface area contributed by atoms with Gasteiger partial charge in [-0.15, -0.1) is 0 Å². The van der Waals surface area contributed by atoms with Crippen molar-refractivity contribution in [3.63, 3.8) is 0 Å². The first-order valence-corrected chi connectivity index (χ1v) is 9.40. The fourth-order valence-electron chi connectivity index (χ4n) is 3.94. The predicted octanol–water partition coefficient (Wildman–Crippen LogP) is 4.03. The molecule has 1 atom stereocenters. The molecule has 21 heavy (non-hydrogen) atoms. The van der Waals surface area contributed by atoms with Gasteiger partial charge in [-0.25, -0.2) is 0 Å². The number of hydrogen-bond donors (Lipinski definition) is 1. The molecule has 0 amide bonds. The highest BCUT2D eigenvalue weighted by Gasteiger charge is 2.43. The SMILES string of the molecule is CC(C)C1CN(Cc2ccc(I)cc2)C2(CCCC2)CN1. The number of piperazine rings is 1. The van der Waals surface area contributed by atoms with E-state index in [0.717, 1.165) is 6.54 Å². The van der Waals surface area contributed by atoms with Crippen molar-refractivity contribution in [2.24, 2.45) is 5.92 Å². The molecule has 1 aliphatic carbocycles. The molecule has 0 aromatic heterocycles. The van der Waals surface area contributed by atoms with E-state index >= 15 is 0 Å². The lowest BCUT2D eigenvalue weighted by Gasteiger charge is -2.49. The molecule has 2 nitrogen and oxygen atoms in total. The summed E-state index contributed by atoms with van der Waals surface area (Å²) in [5.74, 6) is 0.711. The van der Waals surface area contributed by atoms with Gasteiger partial charge in [0.1, 0.15) is 0 Å². The molecule has 3 rings (SSSR count). The third kappa shape index (κ3) is 3.45. The second-order valence-electron chi connectivity index (χ2n) is 7.17. The highest BCUT2D eigenvalue weighted by atomic mass is 127. The second-order valence-corrected chi connectivity index (χ2v) is 8.42. The Morgan fingerprint density at radius 3 is 2.52 bits per heavy atom. The van der Waals surface area contributed by atoms with Gasteiger partial charge in [0.05, 0.1) is 0 Å². The molecule has 1 aromatic carbocycles. The van der Waals surface area contributed by atoms with Gasteiger partial charge in [0.15, 0.2) is 0 Å². The number of hydrogen-bond acceptors (Lipinski definition) is 2. The molecule has 0 bridgehead atoms. The quantitative estimate of drug-likeness (QED) is 0.774. The number of nitrogens with zero attached hydrogens (tertiary/aromatic N) is 1. The van der Waals surface area contributed by atoms with Gasteiger partial charge >= 0.3 is 0 Å². The van der Waals surface area contributed by atoms with Gasteiger partial charge in [-0.05, 0) is 59.0 Å². The Morgan fingerprint density at radius 1 is 1.24 bits per heavy atom. The van der Waals surface area contributed by atoms with E-state index in [1.165, 1.54) is 47.9 Å². The van der Waals surface area contributed by atoms with E-state index in [9.17, 15) is 0 Å². The van der Waals surface area contributed by atoms with Crippen molar-refractivity contribution in [1.82, 2.24) is 10.2 Å². The van der Waals surface area contributed by atoms with Crippen molar-refractivity contribution in [2.45, 2.75) is 57.7 Å². The van der Waals surface area contributed by atoms with Crippen LogP contribution in [0, 0.1) is 9.49 Å². The van der Waals surface area contributed by atoms with E-state index in [0.29, 0.717) is 17.5 Å². The fourth-order valence-corrected chi connectivity index (χ4v) is 4.30. The summed E-state index contributed by atoms with van der Waals surface area (Å²) in [6.07, 6.45) is 5.54. The van der Waals surface area contributed by atoms with Crippen molar-refractivity contribution in [3.05, 3.63) is 33.4 Å². The van der Waals surface area contributed by atoms with Gasteiger partial charge in [0.2, 0.25) is 0 Å². The maximum absolute atomic E-state index is 3.83. The summed E-state index contributed by atoms with van der Waals surface area (Å²) in [4.78, 5) is 2.80. The molecule has 1 saturated carbocycles. The molecule has 1 aliphatic heterocycles. The lowest BCUT2D eigenvalue weighted by molar-refractivity contribution is 0.0261. The van der Waals surface area contributed by atoms with Gasteiger partial charge in [0.25, 0.3) is 0 Å². The normalized spacial score (nSPS) is 25.8. The molecular formula is C18H27IN2. The third-order valence-electron chi connectivity index (χ3n) is 5.41. The highest BCUT2D eigenvalue weighted by molar-refractivity contribution is 14.1. The van der Waals surface area contributed by atoms with Crippen molar-refractivity contribution >= 4 is 22.6 Å². The van der Waals surface area contributed by atoms with E-state index < -0.39 is 0 Å². The molecule has 2 fully saturated rings. The molecular weight excluding hydrogens is 371 g/mol. The first-order chi connectivity index (χ1) is 10.1. The molecule has 1 saturated heterocycles. The first-order valence-electron chi connectivity index (χ1n) is 8.32. The van der Waals surface area contributed by atoms with E-state index in [4.69, 9.17) is 0 Å². The minimum Gasteiger partial charge on any atom is -0.311 e. The average Bonchev–Trinajstić information content (AvgIpc) is 2.93. The standard InChI is InChI=1S/C18H27IN2/c1-14(2)17-12-21(11-15-5-7-16(19)8-6-15)18(13-20-17)9-3-4-10-18/h5-8,14,17,20H,3-4,9-13H2,1-2H3. The zero-order chi connectivity index (χ0) is 14.9. The minimum absolute atomic E-state index is 0.425. The van der Waals surface area contributed by atoms with Crippen LogP contribution in [-0.4, -0.2) is 29.6 Å². The summed E-state index contributed by atoms with van der Waals surface area (Å²) in [5.41, 5.74) is 1.89. The Hall–Kier alpha value is -0.130. The van der Waals surface area contributed by atoms with Crippen LogP contribution in [0.15, 0.2) is 24.3 Å². The summed E-state index contributed by atoms with van der Waals surface area (Å²) in [6, 6.07) is 9.71. The number of halogens is 1. The fraction of sp³-hybridized carbons (Fsp3) is 0.667. The highest BCUT2D eigenvalue weighted by Crippen LogP contribution is 2.38. The lowest BCUT2D eigenvalue weighted by Crippen LogP contribution is -2.64. The predicted molar refractivity (Wildman–Crippen MR) is 97.4 cm³/mol. The molecule has 1 N–H and O–H groups in total. The summed E-state index contributed by atoms with van der Waals surface area (Å²) in [5, 5.41) is 3.83. The molecule has 2 aliphatic rings. The van der Waals surface area contributed by atoms with Crippen molar-refractivity contribution in [3.8, 4) is 0 Å². The van der Waals surface area contributed by atoms with Crippen LogP contribution in [0.5, 0.6) is 0 Å². The summed E-state index contributed by atoms with van der Waals surface area (Å²) in [7, 11) is 0. The maximum atomic E-state index is 3.83. The Labute approximate surface area is 142 Å². The Balaban J connectivity index is 1.78. The van der Waals surface area contributed by atoms with Crippen molar-refractivity contribution in [1.29, 1.82) is 0 Å². The molecule has 116 valence electrons. The van der Waals surface area contributed by atoms with Crippen LogP contribution < -0.4 is 5.32 Å². The van der Waals surface area contributed by atoms with E-state index in [1.54, 1.807) is 0 Å². The van der Waals surface area contributed by atoms with Crippen LogP contribution in [-0.2, 0) is 6.54 Å². The number of nitrogens with one attached hydrogen (secondary N) is 1. The van der Waals surface area contributed by atoms with Crippen LogP contribution >= 0.6 is 22.6 Å². The molecule has 1 unspecified atom stereocenters. The molecule has 3 heteroatoms. The number of benzene rings is 1. The molecule has 0 radical (unpaired) electrons. The Bertz CT molecular complexity index is 463. The van der Waals surface area contributed by atoms with Gasteiger partial charge in [-0.1, -0.05) is 38.8 Å². The van der Waals surface area contributed by atoms with Crippen LogP contribution in [0.1, 0.15) is 45.1 Å². The molecule has 1 aromatic rings. The Kier molecular flexibility index (Phi) is 4.91. The second kappa shape index (κ2) is 6.55. The van der Waals surface area contributed by atoms with Gasteiger partial charge in [-0.2, -0.15) is 0 Å². The topological polar surface area (TPSA) is 15.3 Å². The van der Waals surface area contributed by atoms with Gasteiger partial charge in [-0.3, -0.25) is 4.90 Å². The van der Waals surface area contributed by atoms with E-state index in [1.807, 2.05) is 0 Å². The summed E-state index contributed by atoms with van der Waals surface area (Å²) in [6.45, 7) is 8.17. The zero-order valence-electron chi connectivity index (χ0n) is 13.2. The van der Waals surface area contributed by atoms with Crippen LogP contribution in [0.25, 0.3) is 0 Å². The maximum Gasteiger partial charge on any atom is 0.0338 e. The average molecular weight is 398 g/mol.